The Morgan fingerprint density at radius 2 is 1.66 bits per heavy atom. The quantitative estimate of drug-likeness (QED) is 0.549. The molecule has 0 saturated heterocycles. The lowest BCUT2D eigenvalue weighted by atomic mass is 10.2. The molecule has 3 rings (SSSR count). The highest BCUT2D eigenvalue weighted by Crippen LogP contribution is 2.18. The molecule has 1 heterocycles. The molecule has 0 unspecified atom stereocenters. The molecule has 3 aromatic rings. The number of carbonyl (C=O) groups excluding carboxylic acids is 1. The molecular formula is C23H27N5O. The molecule has 0 aliphatic carbocycles. The van der Waals surface area contributed by atoms with Crippen molar-refractivity contribution >= 4 is 11.7 Å². The highest BCUT2D eigenvalue weighted by molar-refractivity contribution is 5.93. The van der Waals surface area contributed by atoms with Crippen molar-refractivity contribution in [3.05, 3.63) is 78.0 Å². The SMILES string of the molecule is CN(C)CCCNC(=O)c1cc(NCc2ccccc2)nc(-c2ccccc2)n1. The number of anilines is 1. The average Bonchev–Trinajstić information content (AvgIpc) is 2.76. The topological polar surface area (TPSA) is 70.2 Å². The number of hydrogen-bond acceptors (Lipinski definition) is 5. The monoisotopic (exact) mass is 389 g/mol. The zero-order valence-electron chi connectivity index (χ0n) is 16.9. The van der Waals surface area contributed by atoms with E-state index in [9.17, 15) is 4.79 Å². The number of benzene rings is 2. The lowest BCUT2D eigenvalue weighted by Gasteiger charge is -2.12. The second-order valence-electron chi connectivity index (χ2n) is 7.08. The van der Waals surface area contributed by atoms with Crippen LogP contribution in [0.3, 0.4) is 0 Å². The van der Waals surface area contributed by atoms with Crippen molar-refractivity contribution in [1.82, 2.24) is 20.2 Å². The highest BCUT2D eigenvalue weighted by atomic mass is 16.1. The van der Waals surface area contributed by atoms with E-state index in [1.54, 1.807) is 6.07 Å². The number of carbonyl (C=O) groups is 1. The van der Waals surface area contributed by atoms with Gasteiger partial charge in [0.15, 0.2) is 5.82 Å². The van der Waals surface area contributed by atoms with Crippen molar-refractivity contribution < 1.29 is 4.79 Å². The summed E-state index contributed by atoms with van der Waals surface area (Å²) in [7, 11) is 4.03. The fraction of sp³-hybridized carbons (Fsp3) is 0.261. The second kappa shape index (κ2) is 10.3. The van der Waals surface area contributed by atoms with E-state index in [4.69, 9.17) is 0 Å². The van der Waals surface area contributed by atoms with Crippen molar-refractivity contribution in [1.29, 1.82) is 0 Å². The molecule has 0 aliphatic heterocycles. The van der Waals surface area contributed by atoms with Crippen LogP contribution in [0.4, 0.5) is 5.82 Å². The smallest absolute Gasteiger partial charge is 0.270 e. The van der Waals surface area contributed by atoms with Crippen LogP contribution in [0.2, 0.25) is 0 Å². The minimum absolute atomic E-state index is 0.189. The molecule has 1 amide bonds. The minimum atomic E-state index is -0.189. The van der Waals surface area contributed by atoms with Gasteiger partial charge in [-0.25, -0.2) is 9.97 Å². The Morgan fingerprint density at radius 1 is 0.966 bits per heavy atom. The Labute approximate surface area is 172 Å². The van der Waals surface area contributed by atoms with E-state index in [2.05, 4.69) is 25.5 Å². The van der Waals surface area contributed by atoms with E-state index in [1.165, 1.54) is 0 Å². The van der Waals surface area contributed by atoms with Crippen LogP contribution in [-0.4, -0.2) is 48.0 Å². The Kier molecular flexibility index (Phi) is 7.30. The Hall–Kier alpha value is -3.25. The Balaban J connectivity index is 1.78. The maximum Gasteiger partial charge on any atom is 0.270 e. The second-order valence-corrected chi connectivity index (χ2v) is 7.08. The van der Waals surface area contributed by atoms with E-state index in [1.807, 2.05) is 74.8 Å². The van der Waals surface area contributed by atoms with Crippen LogP contribution < -0.4 is 10.6 Å². The Bertz CT molecular complexity index is 913. The summed E-state index contributed by atoms with van der Waals surface area (Å²) < 4.78 is 0. The molecule has 0 bridgehead atoms. The van der Waals surface area contributed by atoms with Crippen molar-refractivity contribution in [2.24, 2.45) is 0 Å². The van der Waals surface area contributed by atoms with Gasteiger partial charge in [0, 0.05) is 24.7 Å². The molecule has 2 aromatic carbocycles. The van der Waals surface area contributed by atoms with Gasteiger partial charge in [-0.05, 0) is 32.6 Å². The maximum absolute atomic E-state index is 12.7. The summed E-state index contributed by atoms with van der Waals surface area (Å²) in [5, 5.41) is 6.26. The van der Waals surface area contributed by atoms with Crippen LogP contribution in [0, 0.1) is 0 Å². The van der Waals surface area contributed by atoms with Crippen LogP contribution in [0.5, 0.6) is 0 Å². The molecular weight excluding hydrogens is 362 g/mol. The number of rotatable bonds is 9. The molecule has 2 N–H and O–H groups in total. The van der Waals surface area contributed by atoms with Crippen LogP contribution in [-0.2, 0) is 6.54 Å². The summed E-state index contributed by atoms with van der Waals surface area (Å²) in [4.78, 5) is 23.9. The Morgan fingerprint density at radius 3 is 2.34 bits per heavy atom. The van der Waals surface area contributed by atoms with Crippen molar-refractivity contribution in [2.75, 3.05) is 32.5 Å². The average molecular weight is 390 g/mol. The third kappa shape index (κ3) is 6.40. The van der Waals surface area contributed by atoms with Gasteiger partial charge in [-0.2, -0.15) is 0 Å². The normalized spacial score (nSPS) is 10.7. The van der Waals surface area contributed by atoms with Gasteiger partial charge >= 0.3 is 0 Å². The van der Waals surface area contributed by atoms with Gasteiger partial charge < -0.3 is 15.5 Å². The van der Waals surface area contributed by atoms with E-state index < -0.39 is 0 Å². The van der Waals surface area contributed by atoms with Gasteiger partial charge in [0.25, 0.3) is 5.91 Å². The molecule has 6 nitrogen and oxygen atoms in total. The van der Waals surface area contributed by atoms with Gasteiger partial charge in [-0.15, -0.1) is 0 Å². The lowest BCUT2D eigenvalue weighted by Crippen LogP contribution is -2.28. The van der Waals surface area contributed by atoms with Gasteiger partial charge in [0.05, 0.1) is 0 Å². The molecule has 150 valence electrons. The van der Waals surface area contributed by atoms with Crippen LogP contribution in [0.25, 0.3) is 11.4 Å². The molecule has 29 heavy (non-hydrogen) atoms. The van der Waals surface area contributed by atoms with Gasteiger partial charge in [0.2, 0.25) is 0 Å². The van der Waals surface area contributed by atoms with E-state index in [0.717, 1.165) is 24.1 Å². The first-order valence-electron chi connectivity index (χ1n) is 9.77. The zero-order chi connectivity index (χ0) is 20.5. The number of aromatic nitrogens is 2. The first-order chi connectivity index (χ1) is 14.1. The van der Waals surface area contributed by atoms with Gasteiger partial charge in [0.1, 0.15) is 11.5 Å². The minimum Gasteiger partial charge on any atom is -0.366 e. The van der Waals surface area contributed by atoms with Crippen LogP contribution >= 0.6 is 0 Å². The first kappa shape index (κ1) is 20.5. The molecule has 0 fully saturated rings. The van der Waals surface area contributed by atoms with Gasteiger partial charge in [-0.1, -0.05) is 60.7 Å². The summed E-state index contributed by atoms with van der Waals surface area (Å²) in [6.07, 6.45) is 0.883. The summed E-state index contributed by atoms with van der Waals surface area (Å²) in [5.74, 6) is 0.967. The highest BCUT2D eigenvalue weighted by Gasteiger charge is 2.13. The number of nitrogens with one attached hydrogen (secondary N) is 2. The molecule has 0 spiro atoms. The standard InChI is InChI=1S/C23H27N5O/c1-28(2)15-9-14-24-23(29)20-16-21(25-17-18-10-5-3-6-11-18)27-22(26-20)19-12-7-4-8-13-19/h3-8,10-13,16H,9,14-15,17H2,1-2H3,(H,24,29)(H,25,26,27). The summed E-state index contributed by atoms with van der Waals surface area (Å²) in [5.41, 5.74) is 2.37. The predicted molar refractivity (Wildman–Crippen MR) is 117 cm³/mol. The van der Waals surface area contributed by atoms with E-state index in [-0.39, 0.29) is 5.91 Å². The molecule has 0 atom stereocenters. The molecule has 0 aliphatic rings. The van der Waals surface area contributed by atoms with Crippen LogP contribution in [0.1, 0.15) is 22.5 Å². The van der Waals surface area contributed by atoms with Crippen LogP contribution in [0.15, 0.2) is 66.7 Å². The summed E-state index contributed by atoms with van der Waals surface area (Å²) in [6.45, 7) is 2.15. The first-order valence-corrected chi connectivity index (χ1v) is 9.77. The van der Waals surface area contributed by atoms with Crippen molar-refractivity contribution in [2.45, 2.75) is 13.0 Å². The summed E-state index contributed by atoms with van der Waals surface area (Å²) >= 11 is 0. The zero-order valence-corrected chi connectivity index (χ0v) is 16.9. The number of nitrogens with zero attached hydrogens (tertiary/aromatic N) is 3. The third-order valence-corrected chi connectivity index (χ3v) is 4.37. The van der Waals surface area contributed by atoms with Crippen molar-refractivity contribution in [3.63, 3.8) is 0 Å². The maximum atomic E-state index is 12.7. The fourth-order valence-corrected chi connectivity index (χ4v) is 2.85. The molecule has 1 aromatic heterocycles. The summed E-state index contributed by atoms with van der Waals surface area (Å²) in [6, 6.07) is 21.5. The largest absolute Gasteiger partial charge is 0.366 e. The van der Waals surface area contributed by atoms with E-state index >= 15 is 0 Å². The van der Waals surface area contributed by atoms with Crippen molar-refractivity contribution in [3.8, 4) is 11.4 Å². The molecule has 0 saturated carbocycles. The van der Waals surface area contributed by atoms with E-state index in [0.29, 0.717) is 30.4 Å². The lowest BCUT2D eigenvalue weighted by molar-refractivity contribution is 0.0947. The third-order valence-electron chi connectivity index (χ3n) is 4.37. The number of hydrogen-bond donors (Lipinski definition) is 2. The fourth-order valence-electron chi connectivity index (χ4n) is 2.85. The predicted octanol–water partition coefficient (Wildman–Crippen LogP) is 3.44. The molecule has 6 heteroatoms. The molecule has 0 radical (unpaired) electrons. The van der Waals surface area contributed by atoms with Gasteiger partial charge in [-0.3, -0.25) is 4.79 Å². The number of amides is 1.